The normalized spacial score (nSPS) is 12.3. The lowest BCUT2D eigenvalue weighted by Gasteiger charge is -2.04. The van der Waals surface area contributed by atoms with E-state index in [-0.39, 0.29) is 5.03 Å². The Kier molecular flexibility index (Phi) is 4.26. The van der Waals surface area contributed by atoms with E-state index in [1.807, 2.05) is 6.92 Å². The van der Waals surface area contributed by atoms with Crippen LogP contribution in [0.5, 0.6) is 0 Å². The molecule has 0 N–H and O–H groups in total. The highest BCUT2D eigenvalue weighted by Crippen LogP contribution is 2.16. The average Bonchev–Trinajstić information content (AvgIpc) is 2.47. The van der Waals surface area contributed by atoms with Gasteiger partial charge in [-0.25, -0.2) is 22.2 Å². The summed E-state index contributed by atoms with van der Waals surface area (Å²) in [7, 11) is 1.13. The first-order valence-corrected chi connectivity index (χ1v) is 6.94. The molecule has 16 heavy (non-hydrogen) atoms. The lowest BCUT2D eigenvalue weighted by atomic mass is 10.3. The van der Waals surface area contributed by atoms with Crippen molar-refractivity contribution in [2.24, 2.45) is 0 Å². The minimum atomic E-state index is -3.96. The summed E-state index contributed by atoms with van der Waals surface area (Å²) in [6.07, 6.45) is -0.406. The van der Waals surface area contributed by atoms with Gasteiger partial charge in [0.05, 0.1) is 6.54 Å². The molecule has 4 nitrogen and oxygen atoms in total. The van der Waals surface area contributed by atoms with Gasteiger partial charge in [-0.2, -0.15) is 0 Å². The zero-order chi connectivity index (χ0) is 12.3. The van der Waals surface area contributed by atoms with Gasteiger partial charge >= 0.3 is 0 Å². The Morgan fingerprint density at radius 3 is 2.62 bits per heavy atom. The highest BCUT2D eigenvalue weighted by Gasteiger charge is 2.18. The van der Waals surface area contributed by atoms with Crippen LogP contribution in [0.1, 0.15) is 19.2 Å². The monoisotopic (exact) mass is 272 g/mol. The van der Waals surface area contributed by atoms with E-state index in [1.54, 1.807) is 0 Å². The molecule has 1 heterocycles. The average molecular weight is 273 g/mol. The lowest BCUT2D eigenvalue weighted by molar-refractivity contribution is 0.125. The van der Waals surface area contributed by atoms with Crippen LogP contribution in [0.15, 0.2) is 11.2 Å². The molecular weight excluding hydrogens is 262 g/mol. The first kappa shape index (κ1) is 13.4. The van der Waals surface area contributed by atoms with Gasteiger partial charge in [-0.05, 0) is 6.42 Å². The molecule has 92 valence electrons. The summed E-state index contributed by atoms with van der Waals surface area (Å²) in [5, 5.41) is -0.377. The van der Waals surface area contributed by atoms with Crippen molar-refractivity contribution < 1.29 is 17.2 Å². The molecular formula is C8H11ClF2N2O2S. The zero-order valence-corrected chi connectivity index (χ0v) is 10.1. The number of hydrogen-bond acceptors (Lipinski definition) is 3. The standard InChI is InChI=1S/C8H11ClF2N2O2S/c1-2-3-7-12-8(16(9,14)15)5-13(7)4-6(10)11/h5-6H,2-4H2,1H3. The molecule has 1 rings (SSSR count). The summed E-state index contributed by atoms with van der Waals surface area (Å²) in [5.74, 6) is 0.307. The number of nitrogens with zero attached hydrogens (tertiary/aromatic N) is 2. The van der Waals surface area contributed by atoms with Gasteiger partial charge in [0.2, 0.25) is 0 Å². The SMILES string of the molecule is CCCc1nc(S(=O)(=O)Cl)cn1CC(F)F. The van der Waals surface area contributed by atoms with Crippen LogP contribution in [0.25, 0.3) is 0 Å². The first-order valence-electron chi connectivity index (χ1n) is 4.63. The van der Waals surface area contributed by atoms with Gasteiger partial charge in [-0.1, -0.05) is 6.92 Å². The summed E-state index contributed by atoms with van der Waals surface area (Å²) >= 11 is 0. The van der Waals surface area contributed by atoms with Crippen molar-refractivity contribution in [3.8, 4) is 0 Å². The third-order valence-corrected chi connectivity index (χ3v) is 3.07. The minimum Gasteiger partial charge on any atom is -0.328 e. The van der Waals surface area contributed by atoms with E-state index >= 15 is 0 Å². The molecule has 1 aromatic heterocycles. The van der Waals surface area contributed by atoms with E-state index in [9.17, 15) is 17.2 Å². The smallest absolute Gasteiger partial charge is 0.280 e. The summed E-state index contributed by atoms with van der Waals surface area (Å²) < 4.78 is 47.5. The van der Waals surface area contributed by atoms with Crippen molar-refractivity contribution in [1.82, 2.24) is 9.55 Å². The van der Waals surface area contributed by atoms with E-state index in [2.05, 4.69) is 4.98 Å². The molecule has 8 heteroatoms. The van der Waals surface area contributed by atoms with E-state index in [1.165, 1.54) is 0 Å². The largest absolute Gasteiger partial charge is 0.328 e. The van der Waals surface area contributed by atoms with Crippen LogP contribution in [-0.2, 0) is 22.0 Å². The van der Waals surface area contributed by atoms with Crippen molar-refractivity contribution in [2.75, 3.05) is 0 Å². The van der Waals surface area contributed by atoms with Crippen molar-refractivity contribution in [1.29, 1.82) is 0 Å². The van der Waals surface area contributed by atoms with Crippen LogP contribution in [0.4, 0.5) is 8.78 Å². The summed E-state index contributed by atoms with van der Waals surface area (Å²) in [6, 6.07) is 0. The molecule has 0 aromatic carbocycles. The molecule has 0 atom stereocenters. The third kappa shape index (κ3) is 3.41. The quantitative estimate of drug-likeness (QED) is 0.771. The first-order chi connectivity index (χ1) is 7.34. The van der Waals surface area contributed by atoms with Crippen LogP contribution >= 0.6 is 10.7 Å². The fourth-order valence-corrected chi connectivity index (χ4v) is 1.97. The van der Waals surface area contributed by atoms with Crippen molar-refractivity contribution in [2.45, 2.75) is 37.8 Å². The molecule has 0 aliphatic heterocycles. The second-order valence-electron chi connectivity index (χ2n) is 3.23. The number of hydrogen-bond donors (Lipinski definition) is 0. The highest BCUT2D eigenvalue weighted by atomic mass is 35.7. The molecule has 0 saturated carbocycles. The zero-order valence-electron chi connectivity index (χ0n) is 8.53. The van der Waals surface area contributed by atoms with Crippen LogP contribution in [0.2, 0.25) is 0 Å². The maximum absolute atomic E-state index is 12.2. The van der Waals surface area contributed by atoms with Gasteiger partial charge in [-0.3, -0.25) is 0 Å². The third-order valence-electron chi connectivity index (χ3n) is 1.90. The molecule has 0 amide bonds. The van der Waals surface area contributed by atoms with Gasteiger partial charge in [0.15, 0.2) is 5.03 Å². The van der Waals surface area contributed by atoms with Crippen LogP contribution in [0.3, 0.4) is 0 Å². The molecule has 0 aliphatic carbocycles. The molecule has 0 fully saturated rings. The second-order valence-corrected chi connectivity index (χ2v) is 5.74. The van der Waals surface area contributed by atoms with Gasteiger partial charge in [-0.15, -0.1) is 0 Å². The summed E-state index contributed by atoms with van der Waals surface area (Å²) in [6.45, 7) is 1.27. The molecule has 0 unspecified atom stereocenters. The molecule has 0 saturated heterocycles. The number of imidazole rings is 1. The molecule has 0 radical (unpaired) electrons. The van der Waals surface area contributed by atoms with E-state index in [0.717, 1.165) is 10.8 Å². The number of halogens is 3. The van der Waals surface area contributed by atoms with Gasteiger partial charge < -0.3 is 4.57 Å². The molecule has 0 spiro atoms. The molecule has 0 aliphatic rings. The molecule has 0 bridgehead atoms. The van der Waals surface area contributed by atoms with E-state index in [0.29, 0.717) is 18.7 Å². The Morgan fingerprint density at radius 2 is 2.19 bits per heavy atom. The number of alkyl halides is 2. The fraction of sp³-hybridized carbons (Fsp3) is 0.625. The van der Waals surface area contributed by atoms with E-state index in [4.69, 9.17) is 10.7 Å². The molecule has 1 aromatic rings. The van der Waals surface area contributed by atoms with Crippen LogP contribution in [0, 0.1) is 0 Å². The maximum atomic E-state index is 12.2. The maximum Gasteiger partial charge on any atom is 0.280 e. The van der Waals surface area contributed by atoms with Crippen molar-refractivity contribution in [3.05, 3.63) is 12.0 Å². The van der Waals surface area contributed by atoms with Crippen LogP contribution in [-0.4, -0.2) is 24.4 Å². The Hall–Kier alpha value is -0.690. The van der Waals surface area contributed by atoms with Crippen molar-refractivity contribution >= 4 is 19.7 Å². The predicted molar refractivity (Wildman–Crippen MR) is 55.3 cm³/mol. The van der Waals surface area contributed by atoms with Gasteiger partial charge in [0.25, 0.3) is 15.5 Å². The Labute approximate surface area is 96.7 Å². The summed E-state index contributed by atoms with van der Waals surface area (Å²) in [4.78, 5) is 3.73. The topological polar surface area (TPSA) is 52.0 Å². The van der Waals surface area contributed by atoms with Crippen LogP contribution < -0.4 is 0 Å². The highest BCUT2D eigenvalue weighted by molar-refractivity contribution is 8.13. The predicted octanol–water partition coefficient (Wildman–Crippen LogP) is 2.03. The Morgan fingerprint density at radius 1 is 1.56 bits per heavy atom. The summed E-state index contributed by atoms with van der Waals surface area (Å²) in [5.41, 5.74) is 0. The van der Waals surface area contributed by atoms with Gasteiger partial charge in [0.1, 0.15) is 5.82 Å². The fourth-order valence-electron chi connectivity index (χ4n) is 1.28. The number of aryl methyl sites for hydroxylation is 1. The Balaban J connectivity index is 3.09. The van der Waals surface area contributed by atoms with E-state index < -0.39 is 22.0 Å². The minimum absolute atomic E-state index is 0.307. The van der Waals surface area contributed by atoms with Crippen molar-refractivity contribution in [3.63, 3.8) is 0 Å². The van der Waals surface area contributed by atoms with Gasteiger partial charge in [0, 0.05) is 23.3 Å². The second kappa shape index (κ2) is 5.09. The number of rotatable bonds is 5. The lowest BCUT2D eigenvalue weighted by Crippen LogP contribution is -2.09. The Bertz CT molecular complexity index is 459. The number of aromatic nitrogens is 2.